The molecule has 0 heterocycles. The molecule has 1 aromatic carbocycles. The van der Waals surface area contributed by atoms with Crippen molar-refractivity contribution < 1.29 is 0 Å². The molecule has 0 fully saturated rings. The molecular weight excluding hydrogens is 230 g/mol. The summed E-state index contributed by atoms with van der Waals surface area (Å²) in [6.45, 7) is 14.2. The Labute approximate surface area is 117 Å². The van der Waals surface area contributed by atoms with Gasteiger partial charge in [0, 0.05) is 11.6 Å². The van der Waals surface area contributed by atoms with E-state index in [1.165, 1.54) is 16.7 Å². The number of rotatable bonds is 7. The van der Waals surface area contributed by atoms with E-state index in [0.29, 0.717) is 5.92 Å². The van der Waals surface area contributed by atoms with Gasteiger partial charge >= 0.3 is 0 Å². The maximum atomic E-state index is 4.22. The van der Waals surface area contributed by atoms with Gasteiger partial charge in [0.2, 0.25) is 0 Å². The Morgan fingerprint density at radius 2 is 1.89 bits per heavy atom. The first-order valence-corrected chi connectivity index (χ1v) is 7.00. The van der Waals surface area contributed by atoms with Crippen LogP contribution in [-0.2, 0) is 6.42 Å². The molecule has 0 saturated carbocycles. The van der Waals surface area contributed by atoms with E-state index < -0.39 is 0 Å². The van der Waals surface area contributed by atoms with Crippen molar-refractivity contribution >= 4 is 6.72 Å². The Bertz CT molecular complexity index is 451. The highest BCUT2D eigenvalue weighted by Crippen LogP contribution is 2.27. The molecule has 0 spiro atoms. The van der Waals surface area contributed by atoms with Crippen molar-refractivity contribution in [1.82, 2.24) is 0 Å². The molecule has 1 nitrogen and oxygen atoms in total. The molecule has 0 aliphatic carbocycles. The van der Waals surface area contributed by atoms with Crippen LogP contribution in [0, 0.1) is 0 Å². The summed E-state index contributed by atoms with van der Waals surface area (Å²) in [5.41, 5.74) is 5.03. The topological polar surface area (TPSA) is 12.4 Å². The van der Waals surface area contributed by atoms with Gasteiger partial charge < -0.3 is 0 Å². The highest BCUT2D eigenvalue weighted by Gasteiger charge is 2.09. The highest BCUT2D eigenvalue weighted by atomic mass is 14.7. The Hall–Kier alpha value is -1.63. The summed E-state index contributed by atoms with van der Waals surface area (Å²) in [4.78, 5) is 4.00. The van der Waals surface area contributed by atoms with Gasteiger partial charge in [-0.3, -0.25) is 4.99 Å². The molecule has 1 rings (SSSR count). The van der Waals surface area contributed by atoms with Crippen LogP contribution in [0.2, 0.25) is 0 Å². The number of benzene rings is 1. The fraction of sp³-hybridized carbons (Fsp3) is 0.389. The molecule has 0 saturated heterocycles. The van der Waals surface area contributed by atoms with Crippen molar-refractivity contribution in [1.29, 1.82) is 0 Å². The first-order valence-electron chi connectivity index (χ1n) is 7.00. The number of aliphatic imine (C=N–C) groups is 1. The minimum absolute atomic E-state index is 0.397. The summed E-state index contributed by atoms with van der Waals surface area (Å²) >= 11 is 0. The van der Waals surface area contributed by atoms with Gasteiger partial charge in [-0.2, -0.15) is 0 Å². The van der Waals surface area contributed by atoms with Crippen molar-refractivity contribution in [2.75, 3.05) is 0 Å². The zero-order chi connectivity index (χ0) is 14.3. The van der Waals surface area contributed by atoms with Gasteiger partial charge in [0.1, 0.15) is 0 Å². The van der Waals surface area contributed by atoms with E-state index in [2.05, 4.69) is 56.4 Å². The maximum Gasteiger partial charge on any atom is 0.0356 e. The van der Waals surface area contributed by atoms with Gasteiger partial charge in [0.25, 0.3) is 0 Å². The molecule has 0 amide bonds. The fourth-order valence-electron chi connectivity index (χ4n) is 2.10. The molecular formula is C18H25N. The number of nitrogens with zero attached hydrogens (tertiary/aromatic N) is 1. The van der Waals surface area contributed by atoms with Crippen molar-refractivity contribution in [3.63, 3.8) is 0 Å². The van der Waals surface area contributed by atoms with Crippen molar-refractivity contribution in [3.8, 4) is 0 Å². The van der Waals surface area contributed by atoms with Crippen molar-refractivity contribution in [3.05, 3.63) is 59.3 Å². The summed E-state index contributed by atoms with van der Waals surface area (Å²) in [5, 5.41) is 0. The Kier molecular flexibility index (Phi) is 6.27. The molecule has 0 radical (unpaired) electrons. The molecule has 1 unspecified atom stereocenters. The Balaban J connectivity index is 2.63. The first kappa shape index (κ1) is 15.4. The monoisotopic (exact) mass is 255 g/mol. The Morgan fingerprint density at radius 1 is 1.26 bits per heavy atom. The normalized spacial score (nSPS) is 13.1. The molecule has 102 valence electrons. The second-order valence-corrected chi connectivity index (χ2v) is 4.91. The molecule has 0 aliphatic heterocycles. The van der Waals surface area contributed by atoms with Crippen LogP contribution >= 0.6 is 0 Å². The molecule has 1 atom stereocenters. The van der Waals surface area contributed by atoms with E-state index in [1.54, 1.807) is 0 Å². The van der Waals surface area contributed by atoms with E-state index in [4.69, 9.17) is 0 Å². The molecule has 0 aliphatic rings. The zero-order valence-electron chi connectivity index (χ0n) is 12.4. The minimum atomic E-state index is 0.397. The summed E-state index contributed by atoms with van der Waals surface area (Å²) in [6.07, 6.45) is 5.00. The standard InChI is InChI=1S/C18H25N/c1-6-16-9-11-17(12-10-16)15(4)14(3)8-13-18(7-2)19-5/h7,9-12,15H,3,5-6,8,13H2,1-2,4H3/b18-7-. The van der Waals surface area contributed by atoms with Crippen LogP contribution in [0.3, 0.4) is 0 Å². The minimum Gasteiger partial charge on any atom is -0.269 e. The van der Waals surface area contributed by atoms with Crippen molar-refractivity contribution in [2.24, 2.45) is 4.99 Å². The summed E-state index contributed by atoms with van der Waals surface area (Å²) in [7, 11) is 0. The van der Waals surface area contributed by atoms with Crippen LogP contribution in [0.15, 0.2) is 53.2 Å². The average Bonchev–Trinajstić information content (AvgIpc) is 2.47. The molecule has 0 aromatic heterocycles. The van der Waals surface area contributed by atoms with E-state index >= 15 is 0 Å². The van der Waals surface area contributed by atoms with Crippen LogP contribution < -0.4 is 0 Å². The van der Waals surface area contributed by atoms with Crippen LogP contribution in [0.25, 0.3) is 0 Å². The van der Waals surface area contributed by atoms with Gasteiger partial charge in [-0.05, 0) is 44.0 Å². The average molecular weight is 255 g/mol. The van der Waals surface area contributed by atoms with Gasteiger partial charge in [-0.25, -0.2) is 0 Å². The lowest BCUT2D eigenvalue weighted by Gasteiger charge is -2.16. The number of hydrogen-bond acceptors (Lipinski definition) is 1. The summed E-state index contributed by atoms with van der Waals surface area (Å²) in [5.74, 6) is 0.397. The fourth-order valence-corrected chi connectivity index (χ4v) is 2.10. The van der Waals surface area contributed by atoms with E-state index in [0.717, 1.165) is 25.0 Å². The molecule has 19 heavy (non-hydrogen) atoms. The molecule has 1 heteroatoms. The second kappa shape index (κ2) is 7.73. The highest BCUT2D eigenvalue weighted by molar-refractivity contribution is 5.31. The van der Waals surface area contributed by atoms with Crippen LogP contribution in [0.1, 0.15) is 50.7 Å². The number of aryl methyl sites for hydroxylation is 1. The molecule has 0 N–H and O–H groups in total. The molecule has 1 aromatic rings. The van der Waals surface area contributed by atoms with E-state index in [-0.39, 0.29) is 0 Å². The number of hydrogen-bond donors (Lipinski definition) is 0. The lowest BCUT2D eigenvalue weighted by Crippen LogP contribution is -1.98. The predicted molar refractivity (Wildman–Crippen MR) is 85.9 cm³/mol. The zero-order valence-corrected chi connectivity index (χ0v) is 12.4. The van der Waals surface area contributed by atoms with Crippen molar-refractivity contribution in [2.45, 2.75) is 46.0 Å². The van der Waals surface area contributed by atoms with Crippen LogP contribution in [0.5, 0.6) is 0 Å². The van der Waals surface area contributed by atoms with E-state index in [9.17, 15) is 0 Å². The van der Waals surface area contributed by atoms with E-state index in [1.807, 2.05) is 13.0 Å². The largest absolute Gasteiger partial charge is 0.269 e. The van der Waals surface area contributed by atoms with Crippen LogP contribution in [-0.4, -0.2) is 6.72 Å². The van der Waals surface area contributed by atoms with Crippen LogP contribution in [0.4, 0.5) is 0 Å². The quantitative estimate of drug-likeness (QED) is 0.463. The third-order valence-corrected chi connectivity index (χ3v) is 3.74. The lowest BCUT2D eigenvalue weighted by atomic mass is 9.90. The third kappa shape index (κ3) is 4.51. The Morgan fingerprint density at radius 3 is 2.37 bits per heavy atom. The smallest absolute Gasteiger partial charge is 0.0356 e. The molecule has 0 bridgehead atoms. The first-order chi connectivity index (χ1) is 9.12. The predicted octanol–water partition coefficient (Wildman–Crippen LogP) is 5.29. The van der Waals surface area contributed by atoms with Gasteiger partial charge in [-0.1, -0.05) is 56.3 Å². The second-order valence-electron chi connectivity index (χ2n) is 4.91. The summed E-state index contributed by atoms with van der Waals surface area (Å²) in [6, 6.07) is 8.86. The third-order valence-electron chi connectivity index (χ3n) is 3.74. The van der Waals surface area contributed by atoms with Gasteiger partial charge in [-0.15, -0.1) is 0 Å². The van der Waals surface area contributed by atoms with Gasteiger partial charge in [0.15, 0.2) is 0 Å². The lowest BCUT2D eigenvalue weighted by molar-refractivity contribution is 0.793. The summed E-state index contributed by atoms with van der Waals surface area (Å²) < 4.78 is 0. The SMILES string of the molecule is C=N/C(=C\C)CCC(=C)C(C)c1ccc(CC)cc1. The maximum absolute atomic E-state index is 4.22. The number of allylic oxidation sites excluding steroid dienone is 3. The van der Waals surface area contributed by atoms with Gasteiger partial charge in [0.05, 0.1) is 0 Å².